The summed E-state index contributed by atoms with van der Waals surface area (Å²) >= 11 is 0. The Morgan fingerprint density at radius 2 is 2.17 bits per heavy atom. The average molecular weight is 244 g/mol. The summed E-state index contributed by atoms with van der Waals surface area (Å²) in [6.45, 7) is 0.522. The molecule has 0 atom stereocenters. The summed E-state index contributed by atoms with van der Waals surface area (Å²) in [5, 5.41) is 14.2. The SMILES string of the molecule is Nc1ccc2ncnc(NCC3(O)CCC3)c2c1. The molecule has 94 valence electrons. The van der Waals surface area contributed by atoms with Gasteiger partial charge in [-0.1, -0.05) is 0 Å². The molecule has 1 aliphatic carbocycles. The third-order valence-corrected chi connectivity index (χ3v) is 3.53. The van der Waals surface area contributed by atoms with Gasteiger partial charge < -0.3 is 16.2 Å². The lowest BCUT2D eigenvalue weighted by molar-refractivity contribution is -0.0202. The molecule has 0 amide bonds. The number of hydrogen-bond acceptors (Lipinski definition) is 5. The Bertz CT molecular complexity index is 580. The molecular formula is C13H16N4O. The minimum atomic E-state index is -0.572. The predicted molar refractivity (Wildman–Crippen MR) is 71.2 cm³/mol. The maximum Gasteiger partial charge on any atom is 0.137 e. The van der Waals surface area contributed by atoms with Gasteiger partial charge in [-0.2, -0.15) is 0 Å². The number of rotatable bonds is 3. The van der Waals surface area contributed by atoms with Crippen molar-refractivity contribution in [2.24, 2.45) is 0 Å². The number of aliphatic hydroxyl groups is 1. The molecule has 1 heterocycles. The van der Waals surface area contributed by atoms with Crippen molar-refractivity contribution < 1.29 is 5.11 Å². The highest BCUT2D eigenvalue weighted by Crippen LogP contribution is 2.32. The van der Waals surface area contributed by atoms with Gasteiger partial charge in [0.2, 0.25) is 0 Å². The molecule has 1 aliphatic rings. The number of nitrogens with zero attached hydrogens (tertiary/aromatic N) is 2. The molecule has 1 aromatic heterocycles. The molecule has 1 saturated carbocycles. The van der Waals surface area contributed by atoms with Crippen LogP contribution in [0.3, 0.4) is 0 Å². The molecule has 1 aromatic carbocycles. The molecule has 0 aliphatic heterocycles. The standard InChI is InChI=1S/C13H16N4O/c14-9-2-3-11-10(6-9)12(17-8-16-11)15-7-13(18)4-1-5-13/h2-3,6,8,18H,1,4-5,7,14H2,(H,15,16,17). The van der Waals surface area contributed by atoms with Crippen molar-refractivity contribution in [3.8, 4) is 0 Å². The van der Waals surface area contributed by atoms with Crippen LogP contribution in [-0.4, -0.2) is 27.2 Å². The van der Waals surface area contributed by atoms with Gasteiger partial charge >= 0.3 is 0 Å². The zero-order valence-corrected chi connectivity index (χ0v) is 10.1. The Morgan fingerprint density at radius 3 is 2.89 bits per heavy atom. The second-order valence-electron chi connectivity index (χ2n) is 4.93. The number of anilines is 2. The molecule has 0 spiro atoms. The lowest BCUT2D eigenvalue weighted by Gasteiger charge is -2.36. The molecule has 0 unspecified atom stereocenters. The number of nitrogens with one attached hydrogen (secondary N) is 1. The molecule has 4 N–H and O–H groups in total. The molecule has 3 rings (SSSR count). The minimum Gasteiger partial charge on any atom is -0.399 e. The smallest absolute Gasteiger partial charge is 0.137 e. The van der Waals surface area contributed by atoms with Crippen LogP contribution < -0.4 is 11.1 Å². The lowest BCUT2D eigenvalue weighted by Crippen LogP contribution is -2.43. The number of nitrogen functional groups attached to an aromatic ring is 1. The van der Waals surface area contributed by atoms with E-state index < -0.39 is 5.60 Å². The van der Waals surface area contributed by atoms with Crippen molar-refractivity contribution in [1.82, 2.24) is 9.97 Å². The number of fused-ring (bicyclic) bond motifs is 1. The van der Waals surface area contributed by atoms with E-state index in [1.165, 1.54) is 6.33 Å². The van der Waals surface area contributed by atoms with Crippen LogP contribution in [0.2, 0.25) is 0 Å². The topological polar surface area (TPSA) is 84.1 Å². The van der Waals surface area contributed by atoms with Crippen LogP contribution in [0.4, 0.5) is 11.5 Å². The van der Waals surface area contributed by atoms with Crippen LogP contribution in [0.15, 0.2) is 24.5 Å². The van der Waals surface area contributed by atoms with Gasteiger partial charge in [0, 0.05) is 17.6 Å². The normalized spacial score (nSPS) is 17.4. The van der Waals surface area contributed by atoms with Gasteiger partial charge in [-0.05, 0) is 37.5 Å². The fourth-order valence-electron chi connectivity index (χ4n) is 2.23. The summed E-state index contributed by atoms with van der Waals surface area (Å²) in [6, 6.07) is 5.54. The number of aromatic nitrogens is 2. The second kappa shape index (κ2) is 4.10. The van der Waals surface area contributed by atoms with E-state index in [4.69, 9.17) is 5.73 Å². The van der Waals surface area contributed by atoms with Gasteiger partial charge in [0.05, 0.1) is 11.1 Å². The Labute approximate surface area is 105 Å². The van der Waals surface area contributed by atoms with Crippen LogP contribution in [-0.2, 0) is 0 Å². The fraction of sp³-hybridized carbons (Fsp3) is 0.385. The first kappa shape index (κ1) is 11.2. The van der Waals surface area contributed by atoms with Gasteiger partial charge in [-0.3, -0.25) is 0 Å². The molecular weight excluding hydrogens is 228 g/mol. The number of benzene rings is 1. The third kappa shape index (κ3) is 1.97. The molecule has 0 saturated heterocycles. The van der Waals surface area contributed by atoms with Gasteiger partial charge in [0.15, 0.2) is 0 Å². The van der Waals surface area contributed by atoms with E-state index in [0.29, 0.717) is 12.2 Å². The van der Waals surface area contributed by atoms with Crippen LogP contribution in [0.25, 0.3) is 10.9 Å². The predicted octanol–water partition coefficient (Wildman–Crippen LogP) is 1.54. The maximum absolute atomic E-state index is 10.1. The number of hydrogen-bond donors (Lipinski definition) is 3. The van der Waals surface area contributed by atoms with E-state index in [1.807, 2.05) is 18.2 Å². The summed E-state index contributed by atoms with van der Waals surface area (Å²) < 4.78 is 0. The first-order valence-corrected chi connectivity index (χ1v) is 6.13. The maximum atomic E-state index is 10.1. The molecule has 0 radical (unpaired) electrons. The Kier molecular flexibility index (Phi) is 2.56. The van der Waals surface area contributed by atoms with E-state index >= 15 is 0 Å². The van der Waals surface area contributed by atoms with Crippen LogP contribution in [0.1, 0.15) is 19.3 Å². The number of nitrogens with two attached hydrogens (primary N) is 1. The molecule has 2 aromatic rings. The Morgan fingerprint density at radius 1 is 1.33 bits per heavy atom. The van der Waals surface area contributed by atoms with Crippen molar-refractivity contribution in [1.29, 1.82) is 0 Å². The molecule has 5 nitrogen and oxygen atoms in total. The summed E-state index contributed by atoms with van der Waals surface area (Å²) in [7, 11) is 0. The quantitative estimate of drug-likeness (QED) is 0.713. The van der Waals surface area contributed by atoms with Crippen molar-refractivity contribution in [3.63, 3.8) is 0 Å². The highest BCUT2D eigenvalue weighted by atomic mass is 16.3. The zero-order chi connectivity index (χ0) is 12.6. The molecule has 0 bridgehead atoms. The van der Waals surface area contributed by atoms with Gasteiger partial charge in [0.25, 0.3) is 0 Å². The third-order valence-electron chi connectivity index (χ3n) is 3.53. The Balaban J connectivity index is 1.88. The van der Waals surface area contributed by atoms with Crippen molar-refractivity contribution in [3.05, 3.63) is 24.5 Å². The fourth-order valence-corrected chi connectivity index (χ4v) is 2.23. The van der Waals surface area contributed by atoms with E-state index in [1.54, 1.807) is 0 Å². The van der Waals surface area contributed by atoms with E-state index in [-0.39, 0.29) is 0 Å². The monoisotopic (exact) mass is 244 g/mol. The van der Waals surface area contributed by atoms with Crippen molar-refractivity contribution >= 4 is 22.4 Å². The highest BCUT2D eigenvalue weighted by molar-refractivity contribution is 5.91. The van der Waals surface area contributed by atoms with Gasteiger partial charge in [-0.15, -0.1) is 0 Å². The van der Waals surface area contributed by atoms with Crippen molar-refractivity contribution in [2.75, 3.05) is 17.6 Å². The first-order valence-electron chi connectivity index (χ1n) is 6.13. The van der Waals surface area contributed by atoms with Crippen LogP contribution in [0.5, 0.6) is 0 Å². The van der Waals surface area contributed by atoms with Crippen LogP contribution in [0, 0.1) is 0 Å². The van der Waals surface area contributed by atoms with Gasteiger partial charge in [0.1, 0.15) is 12.1 Å². The summed E-state index contributed by atoms with van der Waals surface area (Å²) in [4.78, 5) is 8.41. The van der Waals surface area contributed by atoms with E-state index in [9.17, 15) is 5.11 Å². The summed E-state index contributed by atoms with van der Waals surface area (Å²) in [5.74, 6) is 0.729. The van der Waals surface area contributed by atoms with Crippen LogP contribution >= 0.6 is 0 Å². The first-order chi connectivity index (χ1) is 8.66. The summed E-state index contributed by atoms with van der Waals surface area (Å²) in [5.41, 5.74) is 6.74. The minimum absolute atomic E-state index is 0.522. The molecule has 18 heavy (non-hydrogen) atoms. The molecule has 5 heteroatoms. The lowest BCUT2D eigenvalue weighted by atomic mass is 9.80. The van der Waals surface area contributed by atoms with E-state index in [2.05, 4.69) is 15.3 Å². The zero-order valence-electron chi connectivity index (χ0n) is 10.1. The second-order valence-corrected chi connectivity index (χ2v) is 4.93. The average Bonchev–Trinajstić information content (AvgIpc) is 2.34. The summed E-state index contributed by atoms with van der Waals surface area (Å²) in [6.07, 6.45) is 4.32. The largest absolute Gasteiger partial charge is 0.399 e. The highest BCUT2D eigenvalue weighted by Gasteiger charge is 2.34. The van der Waals surface area contributed by atoms with Gasteiger partial charge in [-0.25, -0.2) is 9.97 Å². The molecule has 1 fully saturated rings. The Hall–Kier alpha value is -1.88. The van der Waals surface area contributed by atoms with Crippen molar-refractivity contribution in [2.45, 2.75) is 24.9 Å². The van der Waals surface area contributed by atoms with E-state index in [0.717, 1.165) is 36.0 Å².